The average Bonchev–Trinajstić information content (AvgIpc) is 2.58. The molecule has 0 unspecified atom stereocenters. The van der Waals surface area contributed by atoms with Crippen LogP contribution in [-0.4, -0.2) is 33.1 Å². The molecule has 1 heterocycles. The Morgan fingerprint density at radius 2 is 2.17 bits per heavy atom. The highest BCUT2D eigenvalue weighted by atomic mass is 32.2. The highest BCUT2D eigenvalue weighted by Gasteiger charge is 2.32. The van der Waals surface area contributed by atoms with Gasteiger partial charge in [0.05, 0.1) is 18.4 Å². The minimum absolute atomic E-state index is 0.232. The van der Waals surface area contributed by atoms with Gasteiger partial charge >= 0.3 is 6.18 Å². The fraction of sp³-hybridized carbons (Fsp3) is 0.647. The Hall–Kier alpha value is -1.08. The highest BCUT2D eigenvalue weighted by molar-refractivity contribution is 7.98. The van der Waals surface area contributed by atoms with Crippen LogP contribution in [0, 0.1) is 5.92 Å². The van der Waals surface area contributed by atoms with Crippen molar-refractivity contribution in [2.75, 3.05) is 38.4 Å². The van der Waals surface area contributed by atoms with Gasteiger partial charge in [-0.25, -0.2) is 0 Å². The van der Waals surface area contributed by atoms with Crippen molar-refractivity contribution >= 4 is 17.4 Å². The zero-order valence-electron chi connectivity index (χ0n) is 14.0. The molecule has 0 aliphatic carbocycles. The number of hydrogen-bond acceptors (Lipinski definition) is 4. The molecule has 1 aliphatic heterocycles. The molecular formula is C17H24F3NO2S. The summed E-state index contributed by atoms with van der Waals surface area (Å²) in [6, 6.07) is 2.22. The van der Waals surface area contributed by atoms with E-state index < -0.39 is 11.7 Å². The van der Waals surface area contributed by atoms with E-state index in [4.69, 9.17) is 9.47 Å². The maximum absolute atomic E-state index is 13.0. The molecule has 0 radical (unpaired) electrons. The first-order chi connectivity index (χ1) is 11.5. The molecule has 1 fully saturated rings. The van der Waals surface area contributed by atoms with Crippen molar-refractivity contribution in [1.82, 2.24) is 0 Å². The van der Waals surface area contributed by atoms with Crippen LogP contribution in [0.1, 0.15) is 31.2 Å². The first-order valence-corrected chi connectivity index (χ1v) is 9.33. The number of nitrogens with one attached hydrogen (secondary N) is 1. The van der Waals surface area contributed by atoms with Gasteiger partial charge in [0.2, 0.25) is 0 Å². The lowest BCUT2D eigenvalue weighted by Gasteiger charge is -2.22. The number of rotatable bonds is 7. The van der Waals surface area contributed by atoms with Crippen LogP contribution in [0.3, 0.4) is 0 Å². The van der Waals surface area contributed by atoms with Gasteiger partial charge in [-0.2, -0.15) is 13.2 Å². The van der Waals surface area contributed by atoms with Gasteiger partial charge < -0.3 is 14.8 Å². The summed E-state index contributed by atoms with van der Waals surface area (Å²) in [5.74, 6) is 0.824. The number of anilines is 1. The molecule has 1 saturated heterocycles. The number of hydrogen-bond donors (Lipinski definition) is 1. The minimum Gasteiger partial charge on any atom is -0.495 e. The number of halogens is 3. The van der Waals surface area contributed by atoms with Crippen molar-refractivity contribution in [2.45, 2.75) is 36.8 Å². The van der Waals surface area contributed by atoms with Crippen LogP contribution in [0.25, 0.3) is 0 Å². The summed E-state index contributed by atoms with van der Waals surface area (Å²) in [6.07, 6.45) is 1.70. The summed E-state index contributed by atoms with van der Waals surface area (Å²) in [7, 11) is 1.39. The van der Waals surface area contributed by atoms with Crippen LogP contribution in [0.5, 0.6) is 5.75 Å². The maximum Gasteiger partial charge on any atom is 0.416 e. The van der Waals surface area contributed by atoms with E-state index in [9.17, 15) is 13.2 Å². The fourth-order valence-electron chi connectivity index (χ4n) is 2.89. The summed E-state index contributed by atoms with van der Waals surface area (Å²) in [5.41, 5.74) is -0.0495. The fourth-order valence-corrected chi connectivity index (χ4v) is 3.51. The van der Waals surface area contributed by atoms with E-state index in [1.165, 1.54) is 31.4 Å². The van der Waals surface area contributed by atoms with Gasteiger partial charge in [-0.05, 0) is 50.0 Å². The molecule has 0 spiro atoms. The third-order valence-corrected chi connectivity index (χ3v) is 4.94. The summed E-state index contributed by atoms with van der Waals surface area (Å²) in [4.78, 5) is 0.544. The quantitative estimate of drug-likeness (QED) is 0.542. The summed E-state index contributed by atoms with van der Waals surface area (Å²) >= 11 is 1.28. The normalized spacial score (nSPS) is 18.5. The van der Waals surface area contributed by atoms with Crippen LogP contribution in [0.2, 0.25) is 0 Å². The molecule has 2 rings (SSSR count). The van der Waals surface area contributed by atoms with Gasteiger partial charge in [0.1, 0.15) is 5.75 Å². The molecule has 1 aliphatic rings. The van der Waals surface area contributed by atoms with Crippen LogP contribution in [0.15, 0.2) is 17.0 Å². The van der Waals surface area contributed by atoms with E-state index in [0.717, 1.165) is 38.5 Å². The highest BCUT2D eigenvalue weighted by Crippen LogP contribution is 2.41. The van der Waals surface area contributed by atoms with Crippen LogP contribution < -0.4 is 10.1 Å². The molecule has 0 aromatic heterocycles. The Kier molecular flexibility index (Phi) is 7.10. The van der Waals surface area contributed by atoms with Crippen LogP contribution in [0.4, 0.5) is 18.9 Å². The number of ether oxygens (including phenoxy) is 2. The third kappa shape index (κ3) is 5.21. The van der Waals surface area contributed by atoms with E-state index in [-0.39, 0.29) is 5.75 Å². The third-order valence-electron chi connectivity index (χ3n) is 4.18. The molecule has 0 bridgehead atoms. The van der Waals surface area contributed by atoms with Gasteiger partial charge in [-0.3, -0.25) is 0 Å². The van der Waals surface area contributed by atoms with Crippen LogP contribution in [-0.2, 0) is 10.9 Å². The second-order valence-corrected chi connectivity index (χ2v) is 6.75. The number of thioether (sulfide) groups is 1. The van der Waals surface area contributed by atoms with Gasteiger partial charge in [0, 0.05) is 24.7 Å². The van der Waals surface area contributed by atoms with E-state index in [1.807, 2.05) is 0 Å². The first-order valence-electron chi connectivity index (χ1n) is 8.10. The number of benzene rings is 1. The van der Waals surface area contributed by atoms with E-state index in [1.54, 1.807) is 6.26 Å². The molecule has 7 heteroatoms. The lowest BCUT2D eigenvalue weighted by molar-refractivity contribution is -0.137. The van der Waals surface area contributed by atoms with Crippen molar-refractivity contribution in [1.29, 1.82) is 0 Å². The average molecular weight is 363 g/mol. The second kappa shape index (κ2) is 8.85. The standard InChI is InChI=1S/C17H24F3NO2S/c1-22-14-9-13(17(18,19)20)10-15(24-2)16(14)21-7-3-5-12-6-4-8-23-11-12/h9-10,12,21H,3-8,11H2,1-2H3/t12-/m1/s1. The topological polar surface area (TPSA) is 30.5 Å². The smallest absolute Gasteiger partial charge is 0.416 e. The molecule has 3 nitrogen and oxygen atoms in total. The summed E-state index contributed by atoms with van der Waals surface area (Å²) in [5, 5.41) is 3.25. The summed E-state index contributed by atoms with van der Waals surface area (Å²) in [6.45, 7) is 2.38. The molecule has 1 N–H and O–H groups in total. The molecule has 1 aromatic rings. The Balaban J connectivity index is 2.00. The Morgan fingerprint density at radius 1 is 1.38 bits per heavy atom. The zero-order chi connectivity index (χ0) is 17.6. The van der Waals surface area contributed by atoms with Gasteiger partial charge in [-0.1, -0.05) is 0 Å². The van der Waals surface area contributed by atoms with E-state index in [0.29, 0.717) is 23.0 Å². The molecule has 136 valence electrons. The second-order valence-electron chi connectivity index (χ2n) is 5.91. The minimum atomic E-state index is -4.38. The lowest BCUT2D eigenvalue weighted by Crippen LogP contribution is -2.18. The number of alkyl halides is 3. The molecule has 24 heavy (non-hydrogen) atoms. The Bertz CT molecular complexity index is 506. The van der Waals surface area contributed by atoms with Crippen molar-refractivity contribution in [3.8, 4) is 5.75 Å². The lowest BCUT2D eigenvalue weighted by atomic mass is 9.97. The largest absolute Gasteiger partial charge is 0.495 e. The van der Waals surface area contributed by atoms with E-state index >= 15 is 0 Å². The molecule has 1 aromatic carbocycles. The Morgan fingerprint density at radius 3 is 2.75 bits per heavy atom. The van der Waals surface area contributed by atoms with Gasteiger partial charge in [0.25, 0.3) is 0 Å². The maximum atomic E-state index is 13.0. The monoisotopic (exact) mass is 363 g/mol. The molecular weight excluding hydrogens is 339 g/mol. The predicted molar refractivity (Wildman–Crippen MR) is 91.0 cm³/mol. The van der Waals surface area contributed by atoms with E-state index in [2.05, 4.69) is 5.32 Å². The molecule has 0 amide bonds. The molecule has 1 atom stereocenters. The first kappa shape index (κ1) is 19.2. The van der Waals surface area contributed by atoms with Crippen molar-refractivity contribution in [2.24, 2.45) is 5.92 Å². The van der Waals surface area contributed by atoms with Crippen molar-refractivity contribution < 1.29 is 22.6 Å². The number of methoxy groups -OCH3 is 1. The van der Waals surface area contributed by atoms with Crippen LogP contribution >= 0.6 is 11.8 Å². The zero-order valence-corrected chi connectivity index (χ0v) is 14.9. The molecule has 0 saturated carbocycles. The van der Waals surface area contributed by atoms with Crippen molar-refractivity contribution in [3.63, 3.8) is 0 Å². The Labute approximate surface area is 145 Å². The SMILES string of the molecule is COc1cc(C(F)(F)F)cc(SC)c1NCCC[C@@H]1CCCOC1. The predicted octanol–water partition coefficient (Wildman–Crippen LogP) is 5.05. The summed E-state index contributed by atoms with van der Waals surface area (Å²) < 4.78 is 49.5. The van der Waals surface area contributed by atoms with Crippen molar-refractivity contribution in [3.05, 3.63) is 17.7 Å². The van der Waals surface area contributed by atoms with Gasteiger partial charge in [0.15, 0.2) is 0 Å². The van der Waals surface area contributed by atoms with Gasteiger partial charge in [-0.15, -0.1) is 11.8 Å².